The molecular weight excluding hydrogens is 259 g/mol. The molecule has 0 radical (unpaired) electrons. The Bertz CT molecular complexity index is 720. The average molecular weight is 270 g/mol. The van der Waals surface area contributed by atoms with Crippen molar-refractivity contribution < 1.29 is 14.3 Å². The number of rotatable bonds is 2. The van der Waals surface area contributed by atoms with Crippen LogP contribution in [0.1, 0.15) is 21.5 Å². The van der Waals surface area contributed by atoms with Gasteiger partial charge in [0.15, 0.2) is 0 Å². The van der Waals surface area contributed by atoms with Gasteiger partial charge in [0, 0.05) is 5.69 Å². The van der Waals surface area contributed by atoms with Crippen LogP contribution in [0.3, 0.4) is 0 Å². The summed E-state index contributed by atoms with van der Waals surface area (Å²) < 4.78 is 13.2. The van der Waals surface area contributed by atoms with Gasteiger partial charge in [0.1, 0.15) is 17.6 Å². The average Bonchev–Trinajstić information content (AvgIpc) is 2.43. The minimum atomic E-state index is -0.649. The SMILES string of the molecule is Cc1cccc(C(=O)Nc2ccc(F)c(C#N)c2)c1O. The van der Waals surface area contributed by atoms with Gasteiger partial charge in [-0.3, -0.25) is 4.79 Å². The topological polar surface area (TPSA) is 73.1 Å². The first-order valence-electron chi connectivity index (χ1n) is 5.82. The zero-order chi connectivity index (χ0) is 14.7. The maximum absolute atomic E-state index is 13.2. The van der Waals surface area contributed by atoms with Crippen molar-refractivity contribution in [3.05, 3.63) is 58.9 Å². The van der Waals surface area contributed by atoms with E-state index >= 15 is 0 Å². The Balaban J connectivity index is 2.29. The number of benzene rings is 2. The molecule has 0 aliphatic carbocycles. The molecule has 5 heteroatoms. The van der Waals surface area contributed by atoms with E-state index in [9.17, 15) is 14.3 Å². The van der Waals surface area contributed by atoms with Gasteiger partial charge in [-0.2, -0.15) is 5.26 Å². The van der Waals surface area contributed by atoms with Gasteiger partial charge in [-0.1, -0.05) is 12.1 Å². The highest BCUT2D eigenvalue weighted by molar-refractivity contribution is 6.06. The Morgan fingerprint density at radius 3 is 2.80 bits per heavy atom. The monoisotopic (exact) mass is 270 g/mol. The van der Waals surface area contributed by atoms with Gasteiger partial charge in [0.25, 0.3) is 5.91 Å². The second-order valence-corrected chi connectivity index (χ2v) is 4.23. The van der Waals surface area contributed by atoms with Gasteiger partial charge in [-0.15, -0.1) is 0 Å². The Morgan fingerprint density at radius 2 is 2.10 bits per heavy atom. The van der Waals surface area contributed by atoms with E-state index in [1.165, 1.54) is 18.2 Å². The Kier molecular flexibility index (Phi) is 3.67. The van der Waals surface area contributed by atoms with Crippen molar-refractivity contribution in [2.24, 2.45) is 0 Å². The van der Waals surface area contributed by atoms with Crippen LogP contribution in [-0.4, -0.2) is 11.0 Å². The van der Waals surface area contributed by atoms with Crippen LogP contribution >= 0.6 is 0 Å². The predicted molar refractivity (Wildman–Crippen MR) is 71.9 cm³/mol. The third-order valence-corrected chi connectivity index (χ3v) is 2.83. The third kappa shape index (κ3) is 2.59. The molecule has 0 fully saturated rings. The molecule has 2 rings (SSSR count). The summed E-state index contributed by atoms with van der Waals surface area (Å²) >= 11 is 0. The van der Waals surface area contributed by atoms with Crippen LogP contribution in [-0.2, 0) is 0 Å². The number of amides is 1. The molecule has 0 atom stereocenters. The van der Waals surface area contributed by atoms with Crippen molar-refractivity contribution >= 4 is 11.6 Å². The number of carbonyl (C=O) groups excluding carboxylic acids is 1. The zero-order valence-electron chi connectivity index (χ0n) is 10.6. The largest absolute Gasteiger partial charge is 0.507 e. The molecule has 0 spiro atoms. The minimum absolute atomic E-state index is 0.104. The van der Waals surface area contributed by atoms with Crippen LogP contribution in [0, 0.1) is 24.1 Å². The number of aryl methyl sites for hydroxylation is 1. The normalized spacial score (nSPS) is 9.85. The summed E-state index contributed by atoms with van der Waals surface area (Å²) in [5, 5.41) is 21.1. The summed E-state index contributed by atoms with van der Waals surface area (Å²) in [6.45, 7) is 1.68. The molecule has 0 saturated carbocycles. The maximum atomic E-state index is 13.2. The fourth-order valence-electron chi connectivity index (χ4n) is 1.73. The predicted octanol–water partition coefficient (Wildman–Crippen LogP) is 2.96. The first kappa shape index (κ1) is 13.6. The quantitative estimate of drug-likeness (QED) is 0.881. The molecule has 1 amide bonds. The number of carbonyl (C=O) groups is 1. The van der Waals surface area contributed by atoms with Crippen LogP contribution in [0.15, 0.2) is 36.4 Å². The van der Waals surface area contributed by atoms with Crippen molar-refractivity contribution in [1.29, 1.82) is 5.26 Å². The van der Waals surface area contributed by atoms with Crippen molar-refractivity contribution in [2.45, 2.75) is 6.92 Å². The van der Waals surface area contributed by atoms with E-state index < -0.39 is 11.7 Å². The van der Waals surface area contributed by atoms with E-state index in [-0.39, 0.29) is 22.6 Å². The fraction of sp³-hybridized carbons (Fsp3) is 0.0667. The summed E-state index contributed by atoms with van der Waals surface area (Å²) in [6.07, 6.45) is 0. The highest BCUT2D eigenvalue weighted by Gasteiger charge is 2.13. The number of hydrogen-bond donors (Lipinski definition) is 2. The number of aromatic hydroxyl groups is 1. The van der Waals surface area contributed by atoms with Gasteiger partial charge in [-0.25, -0.2) is 4.39 Å². The summed E-state index contributed by atoms with van der Waals surface area (Å²) in [7, 11) is 0. The lowest BCUT2D eigenvalue weighted by atomic mass is 10.1. The fourth-order valence-corrected chi connectivity index (χ4v) is 1.73. The molecule has 0 unspecified atom stereocenters. The molecule has 0 heterocycles. The second-order valence-electron chi connectivity index (χ2n) is 4.23. The van der Waals surface area contributed by atoms with E-state index in [0.717, 1.165) is 6.07 Å². The zero-order valence-corrected chi connectivity index (χ0v) is 10.6. The highest BCUT2D eigenvalue weighted by Crippen LogP contribution is 2.23. The number of hydrogen-bond acceptors (Lipinski definition) is 3. The molecule has 0 bridgehead atoms. The number of phenols is 1. The molecule has 2 aromatic carbocycles. The van der Waals surface area contributed by atoms with Crippen molar-refractivity contribution in [3.8, 4) is 11.8 Å². The Hall–Kier alpha value is -2.87. The van der Waals surface area contributed by atoms with Gasteiger partial charge in [0.2, 0.25) is 0 Å². The summed E-state index contributed by atoms with van der Waals surface area (Å²) in [5.74, 6) is -1.28. The molecule has 2 N–H and O–H groups in total. The van der Waals surface area contributed by atoms with E-state index in [1.807, 2.05) is 0 Å². The molecule has 0 aliphatic rings. The Labute approximate surface area is 115 Å². The summed E-state index contributed by atoms with van der Waals surface area (Å²) in [4.78, 5) is 12.0. The highest BCUT2D eigenvalue weighted by atomic mass is 19.1. The van der Waals surface area contributed by atoms with Gasteiger partial charge in [0.05, 0.1) is 11.1 Å². The van der Waals surface area contributed by atoms with Crippen LogP contribution in [0.2, 0.25) is 0 Å². The van der Waals surface area contributed by atoms with Gasteiger partial charge >= 0.3 is 0 Å². The van der Waals surface area contributed by atoms with Crippen LogP contribution in [0.4, 0.5) is 10.1 Å². The van der Waals surface area contributed by atoms with E-state index in [4.69, 9.17) is 5.26 Å². The number of nitriles is 1. The lowest BCUT2D eigenvalue weighted by Crippen LogP contribution is -2.12. The molecule has 0 saturated heterocycles. The maximum Gasteiger partial charge on any atom is 0.259 e. The second kappa shape index (κ2) is 5.41. The Morgan fingerprint density at radius 1 is 1.35 bits per heavy atom. The standard InChI is InChI=1S/C15H11FN2O2/c1-9-3-2-4-12(14(9)19)15(20)18-11-5-6-13(16)10(7-11)8-17/h2-7,19H,1H3,(H,18,20). The summed E-state index contributed by atoms with van der Waals surface area (Å²) in [6, 6.07) is 10.2. The van der Waals surface area contributed by atoms with Crippen LogP contribution in [0.5, 0.6) is 5.75 Å². The molecule has 0 aromatic heterocycles. The summed E-state index contributed by atoms with van der Waals surface area (Å²) in [5.41, 5.74) is 0.826. The van der Waals surface area contributed by atoms with Crippen molar-refractivity contribution in [2.75, 3.05) is 5.32 Å². The molecule has 2 aromatic rings. The van der Waals surface area contributed by atoms with Gasteiger partial charge in [-0.05, 0) is 36.8 Å². The molecule has 20 heavy (non-hydrogen) atoms. The molecular formula is C15H11FN2O2. The minimum Gasteiger partial charge on any atom is -0.507 e. The molecule has 4 nitrogen and oxygen atoms in total. The smallest absolute Gasteiger partial charge is 0.259 e. The van der Waals surface area contributed by atoms with Crippen molar-refractivity contribution in [3.63, 3.8) is 0 Å². The lowest BCUT2D eigenvalue weighted by Gasteiger charge is -2.08. The lowest BCUT2D eigenvalue weighted by molar-refractivity contribution is 0.102. The molecule has 0 aliphatic heterocycles. The first-order chi connectivity index (χ1) is 9.52. The number of nitrogens with one attached hydrogen (secondary N) is 1. The first-order valence-corrected chi connectivity index (χ1v) is 5.82. The number of anilines is 1. The van der Waals surface area contributed by atoms with Crippen LogP contribution < -0.4 is 5.32 Å². The van der Waals surface area contributed by atoms with E-state index in [0.29, 0.717) is 5.56 Å². The van der Waals surface area contributed by atoms with Crippen LogP contribution in [0.25, 0.3) is 0 Å². The third-order valence-electron chi connectivity index (χ3n) is 2.83. The van der Waals surface area contributed by atoms with E-state index in [1.54, 1.807) is 25.1 Å². The van der Waals surface area contributed by atoms with E-state index in [2.05, 4.69) is 5.32 Å². The van der Waals surface area contributed by atoms with Gasteiger partial charge < -0.3 is 10.4 Å². The number of phenolic OH excluding ortho intramolecular Hbond substituents is 1. The molecule has 100 valence electrons. The number of nitrogens with zero attached hydrogens (tertiary/aromatic N) is 1. The van der Waals surface area contributed by atoms with Crippen molar-refractivity contribution in [1.82, 2.24) is 0 Å². The number of para-hydroxylation sites is 1. The number of halogens is 1.